The van der Waals surface area contributed by atoms with Gasteiger partial charge in [0.15, 0.2) is 12.7 Å². The average molecular weight is 483 g/mol. The Morgan fingerprint density at radius 2 is 1.68 bits per heavy atom. The first-order chi connectivity index (χ1) is 14.9. The van der Waals surface area contributed by atoms with Crippen molar-refractivity contribution in [2.75, 3.05) is 17.2 Å². The Bertz CT molecular complexity index is 1060. The van der Waals surface area contributed by atoms with Gasteiger partial charge in [0.1, 0.15) is 11.5 Å². The lowest BCUT2D eigenvalue weighted by Crippen LogP contribution is -2.30. The van der Waals surface area contributed by atoms with Gasteiger partial charge in [0.2, 0.25) is 0 Å². The van der Waals surface area contributed by atoms with Crippen LogP contribution in [0.1, 0.15) is 12.5 Å². The SMILES string of the molecule is Cc1ccc(OC(C)C(=O)Nc2cccc(OCC(=O)Nc3ccccc3)c2)c(Br)c1. The summed E-state index contributed by atoms with van der Waals surface area (Å²) in [7, 11) is 0. The topological polar surface area (TPSA) is 76.7 Å². The highest BCUT2D eigenvalue weighted by molar-refractivity contribution is 9.10. The fraction of sp³-hybridized carbons (Fsp3) is 0.167. The number of anilines is 2. The van der Waals surface area contributed by atoms with Crippen molar-refractivity contribution in [1.82, 2.24) is 0 Å². The third kappa shape index (κ3) is 6.86. The van der Waals surface area contributed by atoms with Crippen molar-refractivity contribution in [1.29, 1.82) is 0 Å². The first-order valence-corrected chi connectivity index (χ1v) is 10.5. The molecule has 0 aliphatic heterocycles. The van der Waals surface area contributed by atoms with Gasteiger partial charge in [0, 0.05) is 17.4 Å². The van der Waals surface area contributed by atoms with Crippen LogP contribution in [0.4, 0.5) is 11.4 Å². The van der Waals surface area contributed by atoms with Crippen molar-refractivity contribution in [2.45, 2.75) is 20.0 Å². The summed E-state index contributed by atoms with van der Waals surface area (Å²) in [5.41, 5.74) is 2.33. The van der Waals surface area contributed by atoms with Gasteiger partial charge in [-0.25, -0.2) is 0 Å². The molecule has 0 spiro atoms. The van der Waals surface area contributed by atoms with E-state index in [9.17, 15) is 9.59 Å². The lowest BCUT2D eigenvalue weighted by atomic mass is 10.2. The molecule has 1 unspecified atom stereocenters. The zero-order valence-corrected chi connectivity index (χ0v) is 18.8. The molecule has 160 valence electrons. The average Bonchev–Trinajstić information content (AvgIpc) is 2.75. The second-order valence-corrected chi connectivity index (χ2v) is 7.77. The summed E-state index contributed by atoms with van der Waals surface area (Å²) < 4.78 is 12.1. The largest absolute Gasteiger partial charge is 0.484 e. The number of carbonyl (C=O) groups is 2. The first kappa shape index (κ1) is 22.4. The number of hydrogen-bond acceptors (Lipinski definition) is 4. The number of halogens is 1. The smallest absolute Gasteiger partial charge is 0.265 e. The molecule has 0 heterocycles. The molecule has 0 saturated heterocycles. The van der Waals surface area contributed by atoms with E-state index in [-0.39, 0.29) is 18.4 Å². The lowest BCUT2D eigenvalue weighted by Gasteiger charge is -2.16. The zero-order valence-electron chi connectivity index (χ0n) is 17.2. The van der Waals surface area contributed by atoms with Crippen molar-refractivity contribution in [2.24, 2.45) is 0 Å². The van der Waals surface area contributed by atoms with E-state index in [1.807, 2.05) is 43.3 Å². The molecule has 0 fully saturated rings. The molecular formula is C24H23BrN2O4. The monoisotopic (exact) mass is 482 g/mol. The van der Waals surface area contributed by atoms with Crippen LogP contribution in [-0.2, 0) is 9.59 Å². The Balaban J connectivity index is 1.53. The summed E-state index contributed by atoms with van der Waals surface area (Å²) in [6.45, 7) is 3.51. The van der Waals surface area contributed by atoms with Gasteiger partial charge in [-0.05, 0) is 71.7 Å². The Hall–Kier alpha value is -3.32. The van der Waals surface area contributed by atoms with Crippen LogP contribution in [0.3, 0.4) is 0 Å². The Labute approximate surface area is 189 Å². The van der Waals surface area contributed by atoms with Crippen LogP contribution < -0.4 is 20.1 Å². The van der Waals surface area contributed by atoms with E-state index in [1.165, 1.54) is 0 Å². The van der Waals surface area contributed by atoms with Crippen LogP contribution >= 0.6 is 15.9 Å². The van der Waals surface area contributed by atoms with E-state index in [1.54, 1.807) is 43.3 Å². The van der Waals surface area contributed by atoms with Gasteiger partial charge in [0.25, 0.3) is 11.8 Å². The molecule has 0 aromatic heterocycles. The standard InChI is InChI=1S/C24H23BrN2O4/c1-16-11-12-22(21(25)13-16)31-17(2)24(29)27-19-9-6-10-20(14-19)30-15-23(28)26-18-7-4-3-5-8-18/h3-14,17H,15H2,1-2H3,(H,26,28)(H,27,29). The number of amides is 2. The summed E-state index contributed by atoms with van der Waals surface area (Å²) in [4.78, 5) is 24.6. The number of benzene rings is 3. The van der Waals surface area contributed by atoms with E-state index >= 15 is 0 Å². The van der Waals surface area contributed by atoms with Crippen molar-refractivity contribution >= 4 is 39.1 Å². The predicted octanol–water partition coefficient (Wildman–Crippen LogP) is 5.18. The summed E-state index contributed by atoms with van der Waals surface area (Å²) >= 11 is 3.44. The molecule has 3 aromatic carbocycles. The van der Waals surface area contributed by atoms with E-state index in [2.05, 4.69) is 26.6 Å². The minimum Gasteiger partial charge on any atom is -0.484 e. The molecular weight excluding hydrogens is 460 g/mol. The van der Waals surface area contributed by atoms with Gasteiger partial charge in [0.05, 0.1) is 4.47 Å². The van der Waals surface area contributed by atoms with Crippen molar-refractivity contribution < 1.29 is 19.1 Å². The number of hydrogen-bond donors (Lipinski definition) is 2. The van der Waals surface area contributed by atoms with Gasteiger partial charge >= 0.3 is 0 Å². The number of rotatable bonds is 8. The molecule has 3 rings (SSSR count). The predicted molar refractivity (Wildman–Crippen MR) is 125 cm³/mol. The van der Waals surface area contributed by atoms with Crippen molar-refractivity contribution in [3.8, 4) is 11.5 Å². The quantitative estimate of drug-likeness (QED) is 0.463. The molecule has 0 aliphatic carbocycles. The second-order valence-electron chi connectivity index (χ2n) is 6.91. The van der Waals surface area contributed by atoms with Gasteiger partial charge in [-0.2, -0.15) is 0 Å². The first-order valence-electron chi connectivity index (χ1n) is 9.72. The summed E-state index contributed by atoms with van der Waals surface area (Å²) in [5.74, 6) is 0.489. The maximum absolute atomic E-state index is 12.5. The minimum absolute atomic E-state index is 0.146. The molecule has 2 N–H and O–H groups in total. The molecule has 7 heteroatoms. The molecule has 3 aromatic rings. The highest BCUT2D eigenvalue weighted by atomic mass is 79.9. The van der Waals surface area contributed by atoms with Crippen LogP contribution in [0.15, 0.2) is 77.3 Å². The van der Waals surface area contributed by atoms with Gasteiger partial charge < -0.3 is 20.1 Å². The number of aryl methyl sites for hydroxylation is 1. The molecule has 2 amide bonds. The molecule has 0 aliphatic rings. The summed E-state index contributed by atoms with van der Waals surface area (Å²) in [6, 6.07) is 21.7. The summed E-state index contributed by atoms with van der Waals surface area (Å²) in [5, 5.41) is 5.55. The Morgan fingerprint density at radius 3 is 2.42 bits per heavy atom. The van der Waals surface area contributed by atoms with Crippen molar-refractivity contribution in [3.63, 3.8) is 0 Å². The minimum atomic E-state index is -0.708. The third-order valence-electron chi connectivity index (χ3n) is 4.29. The van der Waals surface area contributed by atoms with Crippen LogP contribution in [0.5, 0.6) is 11.5 Å². The fourth-order valence-electron chi connectivity index (χ4n) is 2.72. The van der Waals surface area contributed by atoms with Gasteiger partial charge in [-0.3, -0.25) is 9.59 Å². The fourth-order valence-corrected chi connectivity index (χ4v) is 3.31. The normalized spacial score (nSPS) is 11.3. The van der Waals surface area contributed by atoms with E-state index in [0.717, 1.165) is 10.0 Å². The molecule has 0 saturated carbocycles. The Morgan fingerprint density at radius 1 is 0.935 bits per heavy atom. The van der Waals surface area contributed by atoms with E-state index in [4.69, 9.17) is 9.47 Å². The second kappa shape index (κ2) is 10.6. The maximum Gasteiger partial charge on any atom is 0.265 e. The molecule has 0 radical (unpaired) electrons. The van der Waals surface area contributed by atoms with Crippen LogP contribution in [0.25, 0.3) is 0 Å². The van der Waals surface area contributed by atoms with Gasteiger partial charge in [-0.15, -0.1) is 0 Å². The van der Waals surface area contributed by atoms with E-state index in [0.29, 0.717) is 22.9 Å². The van der Waals surface area contributed by atoms with Crippen LogP contribution in [-0.4, -0.2) is 24.5 Å². The van der Waals surface area contributed by atoms with Crippen LogP contribution in [0.2, 0.25) is 0 Å². The zero-order chi connectivity index (χ0) is 22.2. The maximum atomic E-state index is 12.5. The number of para-hydroxylation sites is 1. The number of carbonyl (C=O) groups excluding carboxylic acids is 2. The molecule has 31 heavy (non-hydrogen) atoms. The molecule has 6 nitrogen and oxygen atoms in total. The number of ether oxygens (including phenoxy) is 2. The van der Waals surface area contributed by atoms with E-state index < -0.39 is 6.10 Å². The molecule has 0 bridgehead atoms. The Kier molecular flexibility index (Phi) is 7.67. The highest BCUT2D eigenvalue weighted by Gasteiger charge is 2.16. The lowest BCUT2D eigenvalue weighted by molar-refractivity contribution is -0.122. The molecule has 1 atom stereocenters. The highest BCUT2D eigenvalue weighted by Crippen LogP contribution is 2.27. The number of nitrogens with one attached hydrogen (secondary N) is 2. The third-order valence-corrected chi connectivity index (χ3v) is 4.91. The van der Waals surface area contributed by atoms with Gasteiger partial charge in [-0.1, -0.05) is 30.3 Å². The summed E-state index contributed by atoms with van der Waals surface area (Å²) in [6.07, 6.45) is -0.708. The van der Waals surface area contributed by atoms with Crippen LogP contribution in [0, 0.1) is 6.92 Å². The van der Waals surface area contributed by atoms with Crippen molar-refractivity contribution in [3.05, 3.63) is 82.8 Å².